The van der Waals surface area contributed by atoms with E-state index >= 15 is 0 Å². The molecule has 17 heavy (non-hydrogen) atoms. The van der Waals surface area contributed by atoms with Gasteiger partial charge in [-0.15, -0.1) is 0 Å². The molecule has 1 N–H and O–H groups in total. The fourth-order valence-electron chi connectivity index (χ4n) is 1.75. The van der Waals surface area contributed by atoms with Crippen molar-refractivity contribution in [2.45, 2.75) is 19.3 Å². The van der Waals surface area contributed by atoms with Crippen molar-refractivity contribution in [1.82, 2.24) is 0 Å². The van der Waals surface area contributed by atoms with Crippen LogP contribution in [0.15, 0.2) is 40.9 Å². The molecular weight excluding hydrogens is 280 g/mol. The minimum Gasteiger partial charge on any atom is -0.481 e. The normalized spacial score (nSPS) is 11.7. The molecule has 0 radical (unpaired) electrons. The molecule has 88 valence electrons. The summed E-state index contributed by atoms with van der Waals surface area (Å²) < 4.78 is 0.984. The molecule has 0 aromatic heterocycles. The third-order valence-corrected chi connectivity index (χ3v) is 3.78. The van der Waals surface area contributed by atoms with Crippen LogP contribution in [0.2, 0.25) is 0 Å². The summed E-state index contributed by atoms with van der Waals surface area (Å²) in [6.07, 6.45) is 0. The van der Waals surface area contributed by atoms with E-state index in [0.29, 0.717) is 0 Å². The minimum absolute atomic E-state index is 0.810. The molecule has 0 bridgehead atoms. The number of carboxylic acids is 1. The number of carbonyl (C=O) groups is 1. The summed E-state index contributed by atoms with van der Waals surface area (Å²) in [5.74, 6) is -0.816. The van der Waals surface area contributed by atoms with E-state index in [-0.39, 0.29) is 0 Å². The Balaban J connectivity index is 2.66. The topological polar surface area (TPSA) is 37.3 Å². The van der Waals surface area contributed by atoms with Gasteiger partial charge in [0.25, 0.3) is 0 Å². The van der Waals surface area contributed by atoms with Gasteiger partial charge in [0.1, 0.15) is 0 Å². The standard InChI is InChI=1S/C14H13BrO2/c1-14(2,13(16)17)10-7-6-9-4-3-5-12(15)11(9)8-10/h3-8H,1-2H3,(H,16,17). The van der Waals surface area contributed by atoms with Gasteiger partial charge in [0.15, 0.2) is 0 Å². The maximum absolute atomic E-state index is 11.2. The number of fused-ring (bicyclic) bond motifs is 1. The van der Waals surface area contributed by atoms with Gasteiger partial charge in [-0.2, -0.15) is 0 Å². The molecule has 0 saturated carbocycles. The molecule has 0 saturated heterocycles. The molecule has 0 aliphatic rings. The summed E-state index contributed by atoms with van der Waals surface area (Å²) in [6.45, 7) is 3.43. The van der Waals surface area contributed by atoms with Crippen LogP contribution in [0.4, 0.5) is 0 Å². The quantitative estimate of drug-likeness (QED) is 0.909. The zero-order valence-corrected chi connectivity index (χ0v) is 11.3. The molecular formula is C14H13BrO2. The Morgan fingerprint density at radius 1 is 1.24 bits per heavy atom. The van der Waals surface area contributed by atoms with E-state index in [4.69, 9.17) is 0 Å². The van der Waals surface area contributed by atoms with Crippen LogP contribution in [0.25, 0.3) is 10.8 Å². The number of carboxylic acid groups (broad SMARTS) is 1. The van der Waals surface area contributed by atoms with Gasteiger partial charge in [-0.3, -0.25) is 4.79 Å². The first-order chi connectivity index (χ1) is 7.93. The Morgan fingerprint density at radius 3 is 2.59 bits per heavy atom. The largest absolute Gasteiger partial charge is 0.481 e. The lowest BCUT2D eigenvalue weighted by atomic mass is 9.84. The van der Waals surface area contributed by atoms with Crippen LogP contribution >= 0.6 is 15.9 Å². The molecule has 0 heterocycles. The molecule has 0 aliphatic heterocycles. The highest BCUT2D eigenvalue weighted by Crippen LogP contribution is 2.30. The van der Waals surface area contributed by atoms with Crippen molar-refractivity contribution in [2.24, 2.45) is 0 Å². The van der Waals surface area contributed by atoms with Crippen LogP contribution in [0.3, 0.4) is 0 Å². The van der Waals surface area contributed by atoms with E-state index in [2.05, 4.69) is 15.9 Å². The lowest BCUT2D eigenvalue weighted by Gasteiger charge is -2.20. The van der Waals surface area contributed by atoms with Gasteiger partial charge >= 0.3 is 5.97 Å². The second-order valence-electron chi connectivity index (χ2n) is 4.61. The SMILES string of the molecule is CC(C)(C(=O)O)c1ccc2cccc(Br)c2c1. The molecule has 2 aromatic rings. The maximum Gasteiger partial charge on any atom is 0.313 e. The average Bonchev–Trinajstić information content (AvgIpc) is 2.29. The van der Waals surface area contributed by atoms with Crippen LogP contribution in [0, 0.1) is 0 Å². The molecule has 0 atom stereocenters. The minimum atomic E-state index is -0.872. The summed E-state index contributed by atoms with van der Waals surface area (Å²) in [5, 5.41) is 11.4. The van der Waals surface area contributed by atoms with Crippen molar-refractivity contribution in [3.8, 4) is 0 Å². The first kappa shape index (κ1) is 12.1. The number of aliphatic carboxylic acids is 1. The Hall–Kier alpha value is -1.35. The Morgan fingerprint density at radius 2 is 1.94 bits per heavy atom. The number of hydrogen-bond donors (Lipinski definition) is 1. The molecule has 2 nitrogen and oxygen atoms in total. The van der Waals surface area contributed by atoms with Gasteiger partial charge in [0.2, 0.25) is 0 Å². The van der Waals surface area contributed by atoms with Crippen LogP contribution in [0.5, 0.6) is 0 Å². The molecule has 0 spiro atoms. The van der Waals surface area contributed by atoms with Gasteiger partial charge in [-0.05, 0) is 42.3 Å². The van der Waals surface area contributed by atoms with Crippen molar-refractivity contribution >= 4 is 32.7 Å². The first-order valence-corrected chi connectivity index (χ1v) is 6.14. The first-order valence-electron chi connectivity index (χ1n) is 5.35. The molecule has 0 unspecified atom stereocenters. The van der Waals surface area contributed by atoms with E-state index in [0.717, 1.165) is 20.8 Å². The molecule has 2 rings (SSSR count). The highest BCUT2D eigenvalue weighted by Gasteiger charge is 2.29. The highest BCUT2D eigenvalue weighted by molar-refractivity contribution is 9.10. The fraction of sp³-hybridized carbons (Fsp3) is 0.214. The summed E-state index contributed by atoms with van der Waals surface area (Å²) in [6, 6.07) is 11.7. The Kier molecular flexibility index (Phi) is 2.96. The summed E-state index contributed by atoms with van der Waals surface area (Å²) in [4.78, 5) is 11.2. The van der Waals surface area contributed by atoms with E-state index in [9.17, 15) is 9.90 Å². The zero-order valence-electron chi connectivity index (χ0n) is 9.70. The Labute approximate surface area is 108 Å². The van der Waals surface area contributed by atoms with Crippen LogP contribution in [0.1, 0.15) is 19.4 Å². The smallest absolute Gasteiger partial charge is 0.313 e. The summed E-state index contributed by atoms with van der Waals surface area (Å²) in [5.41, 5.74) is -0.0619. The monoisotopic (exact) mass is 292 g/mol. The van der Waals surface area contributed by atoms with Crippen LogP contribution < -0.4 is 0 Å². The highest BCUT2D eigenvalue weighted by atomic mass is 79.9. The van der Waals surface area contributed by atoms with Crippen LogP contribution in [-0.4, -0.2) is 11.1 Å². The Bertz CT molecular complexity index is 588. The van der Waals surface area contributed by atoms with Crippen molar-refractivity contribution < 1.29 is 9.90 Å². The number of rotatable bonds is 2. The average molecular weight is 293 g/mol. The number of hydrogen-bond acceptors (Lipinski definition) is 1. The predicted molar refractivity (Wildman–Crippen MR) is 72.3 cm³/mol. The van der Waals surface area contributed by atoms with Crippen molar-refractivity contribution in [3.05, 3.63) is 46.4 Å². The van der Waals surface area contributed by atoms with E-state index in [1.54, 1.807) is 13.8 Å². The molecule has 0 amide bonds. The molecule has 3 heteroatoms. The zero-order chi connectivity index (χ0) is 12.6. The fourth-order valence-corrected chi connectivity index (χ4v) is 2.24. The third kappa shape index (κ3) is 2.07. The summed E-state index contributed by atoms with van der Waals surface area (Å²) in [7, 11) is 0. The van der Waals surface area contributed by atoms with Gasteiger partial charge in [0.05, 0.1) is 5.41 Å². The van der Waals surface area contributed by atoms with Gasteiger partial charge in [0, 0.05) is 4.47 Å². The second-order valence-corrected chi connectivity index (χ2v) is 5.46. The second kappa shape index (κ2) is 4.15. The van der Waals surface area contributed by atoms with Crippen LogP contribution in [-0.2, 0) is 10.2 Å². The lowest BCUT2D eigenvalue weighted by molar-refractivity contribution is -0.142. The van der Waals surface area contributed by atoms with Gasteiger partial charge in [-0.25, -0.2) is 0 Å². The third-order valence-electron chi connectivity index (χ3n) is 3.09. The van der Waals surface area contributed by atoms with E-state index < -0.39 is 11.4 Å². The number of benzene rings is 2. The predicted octanol–water partition coefficient (Wildman–Crippen LogP) is 3.96. The van der Waals surface area contributed by atoms with Gasteiger partial charge in [-0.1, -0.05) is 40.2 Å². The van der Waals surface area contributed by atoms with Crippen molar-refractivity contribution in [1.29, 1.82) is 0 Å². The number of halogens is 1. The van der Waals surface area contributed by atoms with E-state index in [1.807, 2.05) is 36.4 Å². The van der Waals surface area contributed by atoms with Crippen molar-refractivity contribution in [3.63, 3.8) is 0 Å². The molecule has 0 fully saturated rings. The maximum atomic E-state index is 11.2. The van der Waals surface area contributed by atoms with E-state index in [1.165, 1.54) is 0 Å². The lowest BCUT2D eigenvalue weighted by Crippen LogP contribution is -2.28. The molecule has 0 aliphatic carbocycles. The summed E-state index contributed by atoms with van der Waals surface area (Å²) >= 11 is 3.49. The molecule has 2 aromatic carbocycles. The van der Waals surface area contributed by atoms with Crippen molar-refractivity contribution in [2.75, 3.05) is 0 Å². The van der Waals surface area contributed by atoms with Gasteiger partial charge < -0.3 is 5.11 Å².